The first-order valence-corrected chi connectivity index (χ1v) is 8.95. The van der Waals surface area contributed by atoms with Gasteiger partial charge in [0.25, 0.3) is 6.47 Å². The molecular formula is C18H21FN4O5. The summed E-state index contributed by atoms with van der Waals surface area (Å²) < 4.78 is 25.7. The van der Waals surface area contributed by atoms with Gasteiger partial charge in [0.1, 0.15) is 11.2 Å². The van der Waals surface area contributed by atoms with Crippen LogP contribution in [0.3, 0.4) is 0 Å². The second-order valence-electron chi connectivity index (χ2n) is 6.27. The van der Waals surface area contributed by atoms with Gasteiger partial charge in [0, 0.05) is 45.8 Å². The van der Waals surface area contributed by atoms with Crippen LogP contribution in [0, 0.1) is 5.82 Å². The van der Waals surface area contributed by atoms with Crippen molar-refractivity contribution in [1.29, 1.82) is 0 Å². The lowest BCUT2D eigenvalue weighted by Gasteiger charge is -2.29. The van der Waals surface area contributed by atoms with Gasteiger partial charge >= 0.3 is 5.97 Å². The van der Waals surface area contributed by atoms with E-state index < -0.39 is 23.5 Å². The van der Waals surface area contributed by atoms with Crippen molar-refractivity contribution in [2.24, 2.45) is 0 Å². The molecule has 9 nitrogen and oxygen atoms in total. The van der Waals surface area contributed by atoms with E-state index in [9.17, 15) is 18.8 Å². The molecule has 2 aromatic heterocycles. The highest BCUT2D eigenvalue weighted by atomic mass is 19.1. The average molecular weight is 392 g/mol. The predicted octanol–water partition coefficient (Wildman–Crippen LogP) is 0.641. The number of rotatable bonds is 6. The van der Waals surface area contributed by atoms with E-state index in [-0.39, 0.29) is 28.9 Å². The zero-order chi connectivity index (χ0) is 20.3. The first kappa shape index (κ1) is 19.7. The number of halogens is 1. The van der Waals surface area contributed by atoms with E-state index in [0.717, 1.165) is 6.07 Å². The van der Waals surface area contributed by atoms with Crippen LogP contribution in [-0.2, 0) is 20.8 Å². The van der Waals surface area contributed by atoms with Crippen LogP contribution in [0.1, 0.15) is 24.2 Å². The molecule has 0 amide bonds. The van der Waals surface area contributed by atoms with Crippen LogP contribution in [0.25, 0.3) is 11.0 Å². The topological polar surface area (TPSA) is 103 Å². The number of anilines is 1. The zero-order valence-corrected chi connectivity index (χ0v) is 15.6. The smallest absolute Gasteiger partial charge is 0.346 e. The predicted molar refractivity (Wildman–Crippen MR) is 98.7 cm³/mol. The molecule has 0 radical (unpaired) electrons. The Morgan fingerprint density at radius 3 is 2.79 bits per heavy atom. The van der Waals surface area contributed by atoms with Gasteiger partial charge in [-0.15, -0.1) is 0 Å². The maximum atomic E-state index is 14.7. The number of carbonyl (C=O) groups excluding carboxylic acids is 2. The standard InChI is InChI=1S/C18H21FN4O5/c1-3-22-9-13(18(26)28-11(2)27-10-24)15(25)12-8-14(19)17(21-16(12)22)23-6-4-20-5-7-23/h8-11,20H,3-7H2,1-2H3. The summed E-state index contributed by atoms with van der Waals surface area (Å²) in [5.74, 6) is -1.41. The third kappa shape index (κ3) is 3.81. The Morgan fingerprint density at radius 2 is 2.14 bits per heavy atom. The number of fused-ring (bicyclic) bond motifs is 1. The summed E-state index contributed by atoms with van der Waals surface area (Å²) in [6, 6.07) is 1.11. The summed E-state index contributed by atoms with van der Waals surface area (Å²) in [5, 5.41) is 3.17. The number of hydrogen-bond donors (Lipinski definition) is 1. The molecule has 1 atom stereocenters. The minimum atomic E-state index is -1.15. The molecule has 1 N–H and O–H groups in total. The number of ether oxygens (including phenoxy) is 2. The van der Waals surface area contributed by atoms with Crippen LogP contribution in [0.15, 0.2) is 17.1 Å². The lowest BCUT2D eigenvalue weighted by Crippen LogP contribution is -2.44. The van der Waals surface area contributed by atoms with Crippen molar-refractivity contribution in [2.45, 2.75) is 26.7 Å². The highest BCUT2D eigenvalue weighted by molar-refractivity contribution is 5.93. The number of hydrogen-bond acceptors (Lipinski definition) is 8. The number of esters is 1. The average Bonchev–Trinajstić information content (AvgIpc) is 2.69. The molecule has 3 rings (SSSR count). The van der Waals surface area contributed by atoms with Gasteiger partial charge in [0.2, 0.25) is 11.7 Å². The summed E-state index contributed by atoms with van der Waals surface area (Å²) in [5.41, 5.74) is -0.691. The Bertz CT molecular complexity index is 955. The van der Waals surface area contributed by atoms with E-state index in [2.05, 4.69) is 15.0 Å². The number of piperazine rings is 1. The fraction of sp³-hybridized carbons (Fsp3) is 0.444. The van der Waals surface area contributed by atoms with Gasteiger partial charge < -0.3 is 24.3 Å². The molecule has 1 saturated heterocycles. The minimum absolute atomic E-state index is 0.0170. The third-order valence-electron chi connectivity index (χ3n) is 4.48. The van der Waals surface area contributed by atoms with E-state index in [4.69, 9.17) is 4.74 Å². The molecule has 0 bridgehead atoms. The summed E-state index contributed by atoms with van der Waals surface area (Å²) in [4.78, 5) is 41.6. The third-order valence-corrected chi connectivity index (χ3v) is 4.48. The number of pyridine rings is 2. The van der Waals surface area contributed by atoms with E-state index in [1.54, 1.807) is 4.57 Å². The number of aryl methyl sites for hydroxylation is 1. The molecule has 2 aromatic rings. The molecular weight excluding hydrogens is 371 g/mol. The SMILES string of the molecule is CCn1cc(C(=O)OC(C)OC=O)c(=O)c2cc(F)c(N3CCNCC3)nc21. The van der Waals surface area contributed by atoms with Gasteiger partial charge in [-0.1, -0.05) is 0 Å². The molecule has 150 valence electrons. The van der Waals surface area contributed by atoms with Gasteiger partial charge in [-0.3, -0.25) is 9.59 Å². The van der Waals surface area contributed by atoms with E-state index >= 15 is 0 Å². The Morgan fingerprint density at radius 1 is 1.43 bits per heavy atom. The Kier molecular flexibility index (Phi) is 5.88. The zero-order valence-electron chi connectivity index (χ0n) is 15.6. The fourth-order valence-electron chi connectivity index (χ4n) is 3.08. The molecule has 1 fully saturated rings. The van der Waals surface area contributed by atoms with Crippen molar-refractivity contribution in [3.05, 3.63) is 33.9 Å². The van der Waals surface area contributed by atoms with Crippen molar-refractivity contribution in [1.82, 2.24) is 14.9 Å². The van der Waals surface area contributed by atoms with Gasteiger partial charge in [0.15, 0.2) is 11.6 Å². The van der Waals surface area contributed by atoms with Crippen molar-refractivity contribution in [2.75, 3.05) is 31.1 Å². The van der Waals surface area contributed by atoms with Crippen LogP contribution in [-0.4, -0.2) is 54.5 Å². The highest BCUT2D eigenvalue weighted by Gasteiger charge is 2.23. The minimum Gasteiger partial charge on any atom is -0.428 e. The quantitative estimate of drug-likeness (QED) is 0.434. The Labute approximate surface area is 160 Å². The Hall–Kier alpha value is -3.01. The van der Waals surface area contributed by atoms with E-state index in [1.165, 1.54) is 13.1 Å². The van der Waals surface area contributed by atoms with Crippen LogP contribution < -0.4 is 15.6 Å². The summed E-state index contributed by atoms with van der Waals surface area (Å²) >= 11 is 0. The van der Waals surface area contributed by atoms with E-state index in [0.29, 0.717) is 32.7 Å². The van der Waals surface area contributed by atoms with E-state index in [1.807, 2.05) is 11.8 Å². The summed E-state index contributed by atoms with van der Waals surface area (Å²) in [7, 11) is 0. The molecule has 0 aromatic carbocycles. The lowest BCUT2D eigenvalue weighted by atomic mass is 10.2. The van der Waals surface area contributed by atoms with Crippen molar-refractivity contribution in [3.63, 3.8) is 0 Å². The molecule has 0 saturated carbocycles. The van der Waals surface area contributed by atoms with Gasteiger partial charge in [-0.2, -0.15) is 0 Å². The number of carbonyl (C=O) groups is 2. The molecule has 0 spiro atoms. The second-order valence-corrected chi connectivity index (χ2v) is 6.27. The normalized spacial score (nSPS) is 15.3. The monoisotopic (exact) mass is 392 g/mol. The molecule has 3 heterocycles. The molecule has 1 unspecified atom stereocenters. The van der Waals surface area contributed by atoms with Gasteiger partial charge in [0.05, 0.1) is 5.39 Å². The molecule has 10 heteroatoms. The van der Waals surface area contributed by atoms with Crippen LogP contribution in [0.2, 0.25) is 0 Å². The summed E-state index contributed by atoms with van der Waals surface area (Å²) in [6.45, 7) is 6.32. The van der Waals surface area contributed by atoms with Crippen LogP contribution in [0.4, 0.5) is 10.2 Å². The largest absolute Gasteiger partial charge is 0.428 e. The lowest BCUT2D eigenvalue weighted by molar-refractivity contribution is -0.149. The molecule has 1 aliphatic heterocycles. The first-order chi connectivity index (χ1) is 13.5. The van der Waals surface area contributed by atoms with Gasteiger partial charge in [-0.05, 0) is 13.0 Å². The first-order valence-electron chi connectivity index (χ1n) is 8.95. The molecule has 28 heavy (non-hydrogen) atoms. The van der Waals surface area contributed by atoms with Crippen molar-refractivity contribution in [3.8, 4) is 0 Å². The van der Waals surface area contributed by atoms with Crippen LogP contribution >= 0.6 is 0 Å². The maximum absolute atomic E-state index is 14.7. The second kappa shape index (κ2) is 8.34. The highest BCUT2D eigenvalue weighted by Crippen LogP contribution is 2.22. The number of nitrogens with one attached hydrogen (secondary N) is 1. The maximum Gasteiger partial charge on any atom is 0.346 e. The van der Waals surface area contributed by atoms with Crippen molar-refractivity contribution >= 4 is 29.3 Å². The van der Waals surface area contributed by atoms with Crippen LogP contribution in [0.5, 0.6) is 0 Å². The molecule has 0 aliphatic carbocycles. The fourth-order valence-corrected chi connectivity index (χ4v) is 3.08. The van der Waals surface area contributed by atoms with Gasteiger partial charge in [-0.25, -0.2) is 14.2 Å². The summed E-state index contributed by atoms with van der Waals surface area (Å²) in [6.07, 6.45) is 0.174. The number of nitrogens with zero attached hydrogens (tertiary/aromatic N) is 3. The Balaban J connectivity index is 2.07. The molecule has 1 aliphatic rings. The van der Waals surface area contributed by atoms with Crippen molar-refractivity contribution < 1.29 is 23.5 Å². The number of aromatic nitrogens is 2.